The molecule has 0 heterocycles. The van der Waals surface area contributed by atoms with Gasteiger partial charge in [0.15, 0.2) is 0 Å². The summed E-state index contributed by atoms with van der Waals surface area (Å²) in [5.74, 6) is 0. The lowest BCUT2D eigenvalue weighted by Gasteiger charge is -2.34. The Labute approximate surface area is 109 Å². The zero-order valence-electron chi connectivity index (χ0n) is 13.1. The molecule has 0 aromatic carbocycles. The van der Waals surface area contributed by atoms with Crippen LogP contribution >= 0.6 is 0 Å². The molecule has 0 radical (unpaired) electrons. The fraction of sp³-hybridized carbons (Fsp3) is 1.00. The highest BCUT2D eigenvalue weighted by Gasteiger charge is 2.25. The van der Waals surface area contributed by atoms with Crippen molar-refractivity contribution in [1.29, 1.82) is 0 Å². The summed E-state index contributed by atoms with van der Waals surface area (Å²) in [6.45, 7) is 12.9. The molecule has 1 nitrogen and oxygen atoms in total. The van der Waals surface area contributed by atoms with Crippen molar-refractivity contribution in [2.45, 2.75) is 104 Å². The van der Waals surface area contributed by atoms with Gasteiger partial charge in [0.1, 0.15) is 0 Å². The third-order valence-electron chi connectivity index (χ3n) is 3.76. The van der Waals surface area contributed by atoms with E-state index in [1.807, 2.05) is 0 Å². The minimum Gasteiger partial charge on any atom is -0.370 e. The maximum Gasteiger partial charge on any atom is 0.0631 e. The van der Waals surface area contributed by atoms with Crippen LogP contribution in [0.3, 0.4) is 0 Å². The predicted octanol–water partition coefficient (Wildman–Crippen LogP) is 5.72. The molecular weight excluding hydrogens is 208 g/mol. The highest BCUT2D eigenvalue weighted by molar-refractivity contribution is 4.74. The van der Waals surface area contributed by atoms with Gasteiger partial charge in [0.05, 0.1) is 11.2 Å². The molecule has 0 aromatic rings. The molecule has 17 heavy (non-hydrogen) atoms. The zero-order valence-corrected chi connectivity index (χ0v) is 13.1. The normalized spacial score (nSPS) is 17.3. The van der Waals surface area contributed by atoms with E-state index >= 15 is 0 Å². The van der Waals surface area contributed by atoms with Crippen LogP contribution in [0, 0.1) is 0 Å². The van der Waals surface area contributed by atoms with Crippen molar-refractivity contribution in [1.82, 2.24) is 0 Å². The first-order valence-corrected chi connectivity index (χ1v) is 7.53. The van der Waals surface area contributed by atoms with Gasteiger partial charge in [0, 0.05) is 0 Å². The summed E-state index contributed by atoms with van der Waals surface area (Å²) in [6, 6.07) is 0. The van der Waals surface area contributed by atoms with Crippen LogP contribution in [-0.2, 0) is 4.74 Å². The fourth-order valence-electron chi connectivity index (χ4n) is 1.95. The van der Waals surface area contributed by atoms with Gasteiger partial charge in [-0.2, -0.15) is 0 Å². The highest BCUT2D eigenvalue weighted by atomic mass is 16.5. The molecule has 0 atom stereocenters. The van der Waals surface area contributed by atoms with Gasteiger partial charge in [-0.1, -0.05) is 52.4 Å². The summed E-state index contributed by atoms with van der Waals surface area (Å²) in [5, 5.41) is 0. The summed E-state index contributed by atoms with van der Waals surface area (Å²) in [7, 11) is 0. The van der Waals surface area contributed by atoms with E-state index in [4.69, 9.17) is 4.74 Å². The summed E-state index contributed by atoms with van der Waals surface area (Å²) in [6.07, 6.45) is 11.1. The second-order valence-electron chi connectivity index (χ2n) is 6.45. The fourth-order valence-corrected chi connectivity index (χ4v) is 1.95. The Kier molecular flexibility index (Phi) is 8.11. The first-order valence-electron chi connectivity index (χ1n) is 7.53. The van der Waals surface area contributed by atoms with Crippen molar-refractivity contribution in [3.8, 4) is 0 Å². The Hall–Kier alpha value is -0.0400. The molecule has 1 fully saturated rings. The van der Waals surface area contributed by atoms with Crippen LogP contribution in [-0.4, -0.2) is 11.2 Å². The largest absolute Gasteiger partial charge is 0.370 e. The van der Waals surface area contributed by atoms with Gasteiger partial charge in [-0.25, -0.2) is 0 Å². The molecule has 1 aliphatic rings. The Morgan fingerprint density at radius 2 is 0.882 bits per heavy atom. The lowest BCUT2D eigenvalue weighted by atomic mass is 10.0. The van der Waals surface area contributed by atoms with Gasteiger partial charge in [0.25, 0.3) is 0 Å². The Morgan fingerprint density at radius 3 is 1.06 bits per heavy atom. The van der Waals surface area contributed by atoms with Gasteiger partial charge in [-0.3, -0.25) is 0 Å². The lowest BCUT2D eigenvalue weighted by molar-refractivity contribution is -0.124. The van der Waals surface area contributed by atoms with Crippen LogP contribution in [0.15, 0.2) is 0 Å². The minimum absolute atomic E-state index is 0.0273. The molecule has 0 N–H and O–H groups in total. The predicted molar refractivity (Wildman–Crippen MR) is 77.5 cm³/mol. The number of rotatable bonds is 4. The van der Waals surface area contributed by atoms with E-state index in [9.17, 15) is 0 Å². The van der Waals surface area contributed by atoms with Crippen molar-refractivity contribution < 1.29 is 4.74 Å². The average Bonchev–Trinajstić information content (AvgIpc) is 2.31. The Bertz CT molecular complexity index is 152. The quantitative estimate of drug-likeness (QED) is 0.612. The van der Waals surface area contributed by atoms with Gasteiger partial charge in [0.2, 0.25) is 0 Å². The first-order chi connectivity index (χ1) is 7.83. The lowest BCUT2D eigenvalue weighted by Crippen LogP contribution is -2.35. The molecule has 104 valence electrons. The first kappa shape index (κ1) is 17.0. The molecule has 1 rings (SSSR count). The van der Waals surface area contributed by atoms with Crippen LogP contribution in [0.2, 0.25) is 0 Å². The van der Waals surface area contributed by atoms with Gasteiger partial charge >= 0.3 is 0 Å². The second-order valence-corrected chi connectivity index (χ2v) is 6.45. The standard InChI is InChI=1S/C10H22O.C6H12/c1-7-9(3,4)11-10(5,6)8-2;1-2-4-6-5-3-1/h7-8H2,1-6H3;1-6H2. The van der Waals surface area contributed by atoms with E-state index in [0.29, 0.717) is 0 Å². The van der Waals surface area contributed by atoms with Crippen molar-refractivity contribution in [2.24, 2.45) is 0 Å². The topological polar surface area (TPSA) is 9.23 Å². The molecule has 1 saturated carbocycles. The number of hydrogen-bond acceptors (Lipinski definition) is 1. The second kappa shape index (κ2) is 8.13. The van der Waals surface area contributed by atoms with Gasteiger partial charge in [-0.15, -0.1) is 0 Å². The summed E-state index contributed by atoms with van der Waals surface area (Å²) in [4.78, 5) is 0. The SMILES string of the molecule is C1CCCCC1.CCC(C)(C)OC(C)(C)CC. The molecule has 0 saturated heterocycles. The molecule has 0 amide bonds. The number of hydrogen-bond donors (Lipinski definition) is 0. The summed E-state index contributed by atoms with van der Waals surface area (Å²) in [5.41, 5.74) is 0.0546. The zero-order chi connectivity index (χ0) is 13.4. The molecule has 0 aromatic heterocycles. The third kappa shape index (κ3) is 9.64. The van der Waals surface area contributed by atoms with Crippen molar-refractivity contribution >= 4 is 0 Å². The van der Waals surface area contributed by atoms with Crippen LogP contribution in [0.5, 0.6) is 0 Å². The van der Waals surface area contributed by atoms with Crippen LogP contribution in [0.25, 0.3) is 0 Å². The van der Waals surface area contributed by atoms with Crippen molar-refractivity contribution in [2.75, 3.05) is 0 Å². The van der Waals surface area contributed by atoms with Crippen LogP contribution in [0.4, 0.5) is 0 Å². The Morgan fingerprint density at radius 1 is 0.647 bits per heavy atom. The average molecular weight is 242 g/mol. The molecule has 0 bridgehead atoms. The minimum atomic E-state index is 0.0273. The molecule has 0 unspecified atom stereocenters. The van der Waals surface area contributed by atoms with E-state index in [0.717, 1.165) is 12.8 Å². The van der Waals surface area contributed by atoms with E-state index in [-0.39, 0.29) is 11.2 Å². The van der Waals surface area contributed by atoms with E-state index in [2.05, 4.69) is 41.5 Å². The van der Waals surface area contributed by atoms with E-state index < -0.39 is 0 Å². The van der Waals surface area contributed by atoms with Crippen LogP contribution < -0.4 is 0 Å². The summed E-state index contributed by atoms with van der Waals surface area (Å²) < 4.78 is 5.92. The third-order valence-corrected chi connectivity index (χ3v) is 3.76. The number of ether oxygens (including phenoxy) is 1. The molecule has 0 spiro atoms. The van der Waals surface area contributed by atoms with Crippen molar-refractivity contribution in [3.63, 3.8) is 0 Å². The van der Waals surface area contributed by atoms with E-state index in [1.54, 1.807) is 0 Å². The van der Waals surface area contributed by atoms with Gasteiger partial charge in [-0.05, 0) is 40.5 Å². The van der Waals surface area contributed by atoms with Crippen molar-refractivity contribution in [3.05, 3.63) is 0 Å². The maximum absolute atomic E-state index is 5.92. The Balaban J connectivity index is 0.000000354. The maximum atomic E-state index is 5.92. The molecular formula is C16H34O. The molecule has 0 aliphatic heterocycles. The van der Waals surface area contributed by atoms with E-state index in [1.165, 1.54) is 38.5 Å². The summed E-state index contributed by atoms with van der Waals surface area (Å²) >= 11 is 0. The molecule has 1 heteroatoms. The molecule has 1 aliphatic carbocycles. The monoisotopic (exact) mass is 242 g/mol. The van der Waals surface area contributed by atoms with Gasteiger partial charge < -0.3 is 4.74 Å². The van der Waals surface area contributed by atoms with Crippen LogP contribution in [0.1, 0.15) is 92.9 Å². The highest BCUT2D eigenvalue weighted by Crippen LogP contribution is 2.24. The smallest absolute Gasteiger partial charge is 0.0631 e.